The smallest absolute Gasteiger partial charge is 0.288 e. The van der Waals surface area contributed by atoms with Gasteiger partial charge >= 0.3 is 0 Å². The maximum atomic E-state index is 12.8. The van der Waals surface area contributed by atoms with Gasteiger partial charge in [0.05, 0.1) is 17.2 Å². The molecule has 1 aliphatic rings. The second-order valence-corrected chi connectivity index (χ2v) is 7.95. The third-order valence-electron chi connectivity index (χ3n) is 4.53. The molecular weight excluding hydrogens is 430 g/mol. The fourth-order valence-corrected chi connectivity index (χ4v) is 4.25. The van der Waals surface area contributed by atoms with Crippen LogP contribution in [0.4, 0.5) is 10.8 Å². The fraction of sp³-hybridized carbons (Fsp3) is 0.158. The number of amides is 2. The van der Waals surface area contributed by atoms with Crippen LogP contribution in [0.5, 0.6) is 0 Å². The Labute approximate surface area is 179 Å². The average Bonchev–Trinajstić information content (AvgIpc) is 3.15. The van der Waals surface area contributed by atoms with Crippen molar-refractivity contribution in [3.63, 3.8) is 0 Å². The van der Waals surface area contributed by atoms with E-state index >= 15 is 0 Å². The summed E-state index contributed by atoms with van der Waals surface area (Å²) in [5.41, 5.74) is 0.995. The van der Waals surface area contributed by atoms with Gasteiger partial charge in [-0.15, -0.1) is 0 Å². The Hall–Kier alpha value is -3.37. The number of pyridine rings is 1. The Morgan fingerprint density at radius 2 is 2.10 bits per heavy atom. The molecule has 3 heterocycles. The van der Waals surface area contributed by atoms with E-state index in [-0.39, 0.29) is 33.8 Å². The van der Waals surface area contributed by atoms with Crippen LogP contribution in [-0.2, 0) is 13.0 Å². The minimum Gasteiger partial charge on any atom is -0.333 e. The summed E-state index contributed by atoms with van der Waals surface area (Å²) in [5, 5.41) is 14.2. The van der Waals surface area contributed by atoms with Crippen LogP contribution in [0.3, 0.4) is 0 Å². The van der Waals surface area contributed by atoms with Crippen LogP contribution in [0, 0.1) is 10.1 Å². The van der Waals surface area contributed by atoms with E-state index in [1.165, 1.54) is 35.7 Å². The van der Waals surface area contributed by atoms with Crippen LogP contribution in [0.15, 0.2) is 42.6 Å². The lowest BCUT2D eigenvalue weighted by molar-refractivity contribution is -0.384. The van der Waals surface area contributed by atoms with E-state index < -0.39 is 4.92 Å². The maximum absolute atomic E-state index is 12.8. The molecule has 3 aromatic rings. The molecule has 1 aliphatic heterocycles. The molecule has 11 heteroatoms. The number of carbonyl (C=O) groups is 2. The number of fused-ring (bicyclic) bond motifs is 1. The van der Waals surface area contributed by atoms with E-state index in [9.17, 15) is 19.7 Å². The van der Waals surface area contributed by atoms with Gasteiger partial charge in [0.25, 0.3) is 17.5 Å². The summed E-state index contributed by atoms with van der Waals surface area (Å²) in [6, 6.07) is 9.05. The molecule has 0 bridgehead atoms. The van der Waals surface area contributed by atoms with E-state index in [1.54, 1.807) is 23.1 Å². The average molecular weight is 444 g/mol. The summed E-state index contributed by atoms with van der Waals surface area (Å²) in [7, 11) is 0. The number of nitrogens with one attached hydrogen (secondary N) is 1. The van der Waals surface area contributed by atoms with Crippen molar-refractivity contribution in [2.24, 2.45) is 0 Å². The number of halogens is 1. The van der Waals surface area contributed by atoms with Gasteiger partial charge < -0.3 is 4.90 Å². The molecule has 30 heavy (non-hydrogen) atoms. The number of aromatic nitrogens is 2. The molecule has 0 saturated heterocycles. The molecule has 2 amide bonds. The molecular formula is C19H14ClN5O4S. The van der Waals surface area contributed by atoms with E-state index in [4.69, 9.17) is 11.6 Å². The van der Waals surface area contributed by atoms with Crippen molar-refractivity contribution in [1.82, 2.24) is 14.9 Å². The first-order valence-corrected chi connectivity index (χ1v) is 10.1. The molecule has 0 unspecified atom stereocenters. The van der Waals surface area contributed by atoms with Crippen LogP contribution >= 0.6 is 22.9 Å². The highest BCUT2D eigenvalue weighted by molar-refractivity contribution is 7.15. The maximum Gasteiger partial charge on any atom is 0.288 e. The minimum atomic E-state index is -0.618. The van der Waals surface area contributed by atoms with E-state index in [0.29, 0.717) is 24.6 Å². The highest BCUT2D eigenvalue weighted by Crippen LogP contribution is 2.30. The molecule has 0 saturated carbocycles. The summed E-state index contributed by atoms with van der Waals surface area (Å²) < 4.78 is 0. The van der Waals surface area contributed by atoms with E-state index in [2.05, 4.69) is 15.3 Å². The number of benzene rings is 1. The summed E-state index contributed by atoms with van der Waals surface area (Å²) in [5.74, 6) is -0.684. The van der Waals surface area contributed by atoms with Crippen molar-refractivity contribution >= 4 is 45.6 Å². The van der Waals surface area contributed by atoms with Crippen LogP contribution in [0.25, 0.3) is 0 Å². The Balaban J connectivity index is 1.49. The van der Waals surface area contributed by atoms with Crippen LogP contribution in [0.2, 0.25) is 5.02 Å². The first kappa shape index (κ1) is 19.9. The third-order valence-corrected chi connectivity index (χ3v) is 5.84. The number of nitro groups is 1. The van der Waals surface area contributed by atoms with E-state index in [0.717, 1.165) is 10.6 Å². The predicted molar refractivity (Wildman–Crippen MR) is 111 cm³/mol. The molecule has 0 atom stereocenters. The van der Waals surface area contributed by atoms with Gasteiger partial charge in [-0.1, -0.05) is 29.0 Å². The highest BCUT2D eigenvalue weighted by Gasteiger charge is 2.27. The van der Waals surface area contributed by atoms with Gasteiger partial charge in [0.15, 0.2) is 5.13 Å². The summed E-state index contributed by atoms with van der Waals surface area (Å²) in [4.78, 5) is 46.5. The van der Waals surface area contributed by atoms with Gasteiger partial charge in [0, 0.05) is 35.7 Å². The van der Waals surface area contributed by atoms with Crippen LogP contribution < -0.4 is 5.32 Å². The minimum absolute atomic E-state index is 0.0202. The van der Waals surface area contributed by atoms with Gasteiger partial charge in [-0.2, -0.15) is 0 Å². The third kappa shape index (κ3) is 4.00. The number of rotatable bonds is 4. The zero-order valence-electron chi connectivity index (χ0n) is 15.4. The monoisotopic (exact) mass is 443 g/mol. The largest absolute Gasteiger partial charge is 0.333 e. The molecule has 0 radical (unpaired) electrons. The van der Waals surface area contributed by atoms with Crippen molar-refractivity contribution < 1.29 is 14.5 Å². The standard InChI is InChI=1S/C19H14ClN5O4S/c20-12-5-4-11(9-15(12)25(28)29)18(27)24-8-6-13-16(10-24)30-19(22-13)23-17(26)14-3-1-2-7-21-14/h1-5,7,9H,6,8,10H2,(H,22,23,26). The van der Waals surface area contributed by atoms with Gasteiger partial charge in [-0.25, -0.2) is 4.98 Å². The van der Waals surface area contributed by atoms with Gasteiger partial charge in [-0.05, 0) is 24.3 Å². The number of nitrogens with zero attached hydrogens (tertiary/aromatic N) is 4. The molecule has 1 N–H and O–H groups in total. The quantitative estimate of drug-likeness (QED) is 0.486. The molecule has 152 valence electrons. The van der Waals surface area contributed by atoms with Crippen molar-refractivity contribution in [3.05, 3.63) is 79.6 Å². The lowest BCUT2D eigenvalue weighted by atomic mass is 10.1. The molecule has 4 rings (SSSR count). The first-order valence-electron chi connectivity index (χ1n) is 8.86. The molecule has 0 spiro atoms. The Bertz CT molecular complexity index is 1150. The molecule has 1 aromatic carbocycles. The second kappa shape index (κ2) is 8.17. The normalized spacial score (nSPS) is 12.9. The molecule has 0 fully saturated rings. The highest BCUT2D eigenvalue weighted by atomic mass is 35.5. The lowest BCUT2D eigenvalue weighted by Crippen LogP contribution is -2.35. The number of carbonyl (C=O) groups excluding carboxylic acids is 2. The van der Waals surface area contributed by atoms with Crippen LogP contribution in [-0.4, -0.2) is 38.2 Å². The number of thiazole rings is 1. The lowest BCUT2D eigenvalue weighted by Gasteiger charge is -2.26. The number of hydrogen-bond acceptors (Lipinski definition) is 7. The molecule has 0 aliphatic carbocycles. The number of hydrogen-bond donors (Lipinski definition) is 1. The van der Waals surface area contributed by atoms with Crippen LogP contribution in [0.1, 0.15) is 31.4 Å². The topological polar surface area (TPSA) is 118 Å². The van der Waals surface area contributed by atoms with Gasteiger partial charge in [-0.3, -0.25) is 30.0 Å². The zero-order chi connectivity index (χ0) is 21.3. The van der Waals surface area contributed by atoms with Gasteiger partial charge in [0.1, 0.15) is 10.7 Å². The molecule has 2 aromatic heterocycles. The van der Waals surface area contributed by atoms with Crippen molar-refractivity contribution in [1.29, 1.82) is 0 Å². The Morgan fingerprint density at radius 3 is 2.83 bits per heavy atom. The predicted octanol–water partition coefficient (Wildman–Crippen LogP) is 3.55. The SMILES string of the molecule is O=C(Nc1nc2c(s1)CN(C(=O)c1ccc(Cl)c([N+](=O)[O-])c1)CC2)c1ccccn1. The summed E-state index contributed by atoms with van der Waals surface area (Å²) >= 11 is 7.12. The van der Waals surface area contributed by atoms with Crippen molar-refractivity contribution in [2.75, 3.05) is 11.9 Å². The summed E-state index contributed by atoms with van der Waals surface area (Å²) in [6.45, 7) is 0.724. The number of anilines is 1. The Morgan fingerprint density at radius 1 is 1.27 bits per heavy atom. The van der Waals surface area contributed by atoms with Gasteiger partial charge in [0.2, 0.25) is 0 Å². The number of nitro benzene ring substituents is 1. The van der Waals surface area contributed by atoms with Crippen molar-refractivity contribution in [3.8, 4) is 0 Å². The van der Waals surface area contributed by atoms with E-state index in [1.807, 2.05) is 0 Å². The Kier molecular flexibility index (Phi) is 5.42. The summed E-state index contributed by atoms with van der Waals surface area (Å²) in [6.07, 6.45) is 2.05. The van der Waals surface area contributed by atoms with Crippen molar-refractivity contribution in [2.45, 2.75) is 13.0 Å². The molecule has 9 nitrogen and oxygen atoms in total. The zero-order valence-corrected chi connectivity index (χ0v) is 16.9. The first-order chi connectivity index (χ1) is 14.4. The fourth-order valence-electron chi connectivity index (χ4n) is 3.05. The second-order valence-electron chi connectivity index (χ2n) is 6.46.